The first-order valence-corrected chi connectivity index (χ1v) is 9.25. The van der Waals surface area contributed by atoms with Gasteiger partial charge in [-0.1, -0.05) is 54.6 Å². The molecule has 2 N–H and O–H groups in total. The van der Waals surface area contributed by atoms with Crippen molar-refractivity contribution < 1.29 is 19.1 Å². The van der Waals surface area contributed by atoms with E-state index in [1.54, 1.807) is 18.4 Å². The van der Waals surface area contributed by atoms with Crippen LogP contribution in [-0.2, 0) is 22.4 Å². The molecule has 0 fully saturated rings. The van der Waals surface area contributed by atoms with E-state index in [-0.39, 0.29) is 12.3 Å². The Balaban J connectivity index is 1.56. The van der Waals surface area contributed by atoms with Gasteiger partial charge in [-0.25, -0.2) is 0 Å². The third-order valence-corrected chi connectivity index (χ3v) is 5.39. The molecular formula is C23H21NO4. The molecule has 1 aliphatic carbocycles. The fourth-order valence-corrected chi connectivity index (χ4v) is 3.98. The van der Waals surface area contributed by atoms with Crippen LogP contribution in [0.1, 0.15) is 34.9 Å². The average Bonchev–Trinajstić information content (AvgIpc) is 3.35. The van der Waals surface area contributed by atoms with Crippen molar-refractivity contribution in [2.75, 3.05) is 0 Å². The van der Waals surface area contributed by atoms with Gasteiger partial charge in [0.05, 0.1) is 11.7 Å². The van der Waals surface area contributed by atoms with Gasteiger partial charge in [-0.3, -0.25) is 9.59 Å². The van der Waals surface area contributed by atoms with Crippen LogP contribution >= 0.6 is 0 Å². The summed E-state index contributed by atoms with van der Waals surface area (Å²) in [6, 6.07) is 20.3. The van der Waals surface area contributed by atoms with Crippen LogP contribution in [0.3, 0.4) is 0 Å². The van der Waals surface area contributed by atoms with Crippen molar-refractivity contribution in [1.82, 2.24) is 5.32 Å². The lowest BCUT2D eigenvalue weighted by Gasteiger charge is -2.25. The summed E-state index contributed by atoms with van der Waals surface area (Å²) >= 11 is 0. The number of furan rings is 1. The molecule has 1 aromatic heterocycles. The summed E-state index contributed by atoms with van der Waals surface area (Å²) < 4.78 is 5.51. The van der Waals surface area contributed by atoms with Crippen LogP contribution in [0.5, 0.6) is 0 Å². The maximum atomic E-state index is 12.9. The Hall–Kier alpha value is -3.34. The molecule has 1 heterocycles. The number of aliphatic carboxylic acids is 1. The maximum absolute atomic E-state index is 12.9. The Bertz CT molecular complexity index is 954. The number of carboxylic acids is 1. The molecule has 28 heavy (non-hydrogen) atoms. The van der Waals surface area contributed by atoms with E-state index in [1.807, 2.05) is 54.6 Å². The zero-order chi connectivity index (χ0) is 19.6. The standard InChI is InChI=1S/C23H21NO4/c25-20(15-23(22(26)27)13-17-9-4-5-10-18(17)14-23)24-21(19-11-6-12-28-19)16-7-2-1-3-8-16/h1-12,21H,13-15H2,(H,24,25)(H,26,27). The zero-order valence-electron chi connectivity index (χ0n) is 15.3. The van der Waals surface area contributed by atoms with Gasteiger partial charge < -0.3 is 14.8 Å². The monoisotopic (exact) mass is 375 g/mol. The predicted octanol–water partition coefficient (Wildman–Crippen LogP) is 3.75. The molecule has 0 aliphatic heterocycles. The summed E-state index contributed by atoms with van der Waals surface area (Å²) in [5, 5.41) is 12.9. The fourth-order valence-electron chi connectivity index (χ4n) is 3.98. The van der Waals surface area contributed by atoms with Crippen molar-refractivity contribution in [3.05, 3.63) is 95.4 Å². The number of amides is 1. The first-order chi connectivity index (χ1) is 13.6. The molecule has 0 spiro atoms. The van der Waals surface area contributed by atoms with Crippen LogP contribution in [0.2, 0.25) is 0 Å². The molecule has 1 unspecified atom stereocenters. The number of hydrogen-bond acceptors (Lipinski definition) is 3. The van der Waals surface area contributed by atoms with Gasteiger partial charge in [0.15, 0.2) is 0 Å². The van der Waals surface area contributed by atoms with Gasteiger partial charge in [-0.2, -0.15) is 0 Å². The van der Waals surface area contributed by atoms with E-state index in [1.165, 1.54) is 0 Å². The SMILES string of the molecule is O=C(CC1(C(=O)O)Cc2ccccc2C1)NC(c1ccccc1)c1ccco1. The van der Waals surface area contributed by atoms with Crippen molar-refractivity contribution in [3.8, 4) is 0 Å². The normalized spacial score (nSPS) is 15.6. The van der Waals surface area contributed by atoms with Crippen LogP contribution in [0.4, 0.5) is 0 Å². The van der Waals surface area contributed by atoms with Gasteiger partial charge in [-0.05, 0) is 41.7 Å². The topological polar surface area (TPSA) is 79.5 Å². The van der Waals surface area contributed by atoms with Crippen LogP contribution in [0, 0.1) is 5.41 Å². The summed E-state index contributed by atoms with van der Waals surface area (Å²) in [4.78, 5) is 25.0. The molecule has 5 heteroatoms. The Morgan fingerprint density at radius 2 is 1.61 bits per heavy atom. The molecule has 0 saturated heterocycles. The number of nitrogens with one attached hydrogen (secondary N) is 1. The van der Waals surface area contributed by atoms with E-state index in [4.69, 9.17) is 4.42 Å². The van der Waals surface area contributed by atoms with E-state index in [0.29, 0.717) is 18.6 Å². The third-order valence-electron chi connectivity index (χ3n) is 5.39. The van der Waals surface area contributed by atoms with E-state index in [9.17, 15) is 14.7 Å². The molecule has 1 atom stereocenters. The molecule has 0 radical (unpaired) electrons. The molecule has 142 valence electrons. The van der Waals surface area contributed by atoms with E-state index in [2.05, 4.69) is 5.32 Å². The van der Waals surface area contributed by atoms with Gasteiger partial charge in [-0.15, -0.1) is 0 Å². The minimum Gasteiger partial charge on any atom is -0.481 e. The largest absolute Gasteiger partial charge is 0.481 e. The minimum absolute atomic E-state index is 0.0823. The number of carboxylic acid groups (broad SMARTS) is 1. The van der Waals surface area contributed by atoms with Gasteiger partial charge in [0.25, 0.3) is 0 Å². The van der Waals surface area contributed by atoms with Crippen molar-refractivity contribution in [1.29, 1.82) is 0 Å². The highest BCUT2D eigenvalue weighted by Gasteiger charge is 2.45. The third kappa shape index (κ3) is 3.43. The zero-order valence-corrected chi connectivity index (χ0v) is 15.3. The van der Waals surface area contributed by atoms with Gasteiger partial charge in [0.2, 0.25) is 5.91 Å². The highest BCUT2D eigenvalue weighted by molar-refractivity contribution is 5.86. The molecule has 1 amide bonds. The fraction of sp³-hybridized carbons (Fsp3) is 0.217. The minimum atomic E-state index is -1.11. The molecule has 0 saturated carbocycles. The van der Waals surface area contributed by atoms with E-state index < -0.39 is 17.4 Å². The molecule has 2 aromatic carbocycles. The summed E-state index contributed by atoms with van der Waals surface area (Å²) in [7, 11) is 0. The molecule has 3 aromatic rings. The second kappa shape index (κ2) is 7.35. The van der Waals surface area contributed by atoms with Crippen LogP contribution in [-0.4, -0.2) is 17.0 Å². The molecule has 4 rings (SSSR count). The summed E-state index contributed by atoms with van der Waals surface area (Å²) in [5.74, 6) is -0.632. The first kappa shape index (κ1) is 18.0. The summed E-state index contributed by atoms with van der Waals surface area (Å²) in [6.07, 6.45) is 2.20. The Labute approximate surface area is 163 Å². The van der Waals surface area contributed by atoms with Crippen molar-refractivity contribution in [3.63, 3.8) is 0 Å². The Morgan fingerprint density at radius 1 is 0.964 bits per heavy atom. The van der Waals surface area contributed by atoms with E-state index in [0.717, 1.165) is 16.7 Å². The van der Waals surface area contributed by atoms with E-state index >= 15 is 0 Å². The predicted molar refractivity (Wildman–Crippen MR) is 104 cm³/mol. The molecule has 0 bridgehead atoms. The lowest BCUT2D eigenvalue weighted by molar-refractivity contribution is -0.151. The highest BCUT2D eigenvalue weighted by Crippen LogP contribution is 2.40. The summed E-state index contributed by atoms with van der Waals surface area (Å²) in [5.41, 5.74) is 1.77. The maximum Gasteiger partial charge on any atom is 0.310 e. The Morgan fingerprint density at radius 3 is 2.18 bits per heavy atom. The smallest absolute Gasteiger partial charge is 0.310 e. The molecule has 5 nitrogen and oxygen atoms in total. The van der Waals surface area contributed by atoms with Crippen molar-refractivity contribution >= 4 is 11.9 Å². The second-order valence-corrected chi connectivity index (χ2v) is 7.31. The molecule has 1 aliphatic rings. The van der Waals surface area contributed by atoms with Crippen molar-refractivity contribution in [2.24, 2.45) is 5.41 Å². The van der Waals surface area contributed by atoms with Crippen LogP contribution in [0.25, 0.3) is 0 Å². The number of benzene rings is 2. The second-order valence-electron chi connectivity index (χ2n) is 7.31. The first-order valence-electron chi connectivity index (χ1n) is 9.25. The highest BCUT2D eigenvalue weighted by atomic mass is 16.4. The average molecular weight is 375 g/mol. The molecular weight excluding hydrogens is 354 g/mol. The van der Waals surface area contributed by atoms with Gasteiger partial charge >= 0.3 is 5.97 Å². The van der Waals surface area contributed by atoms with Gasteiger partial charge in [0.1, 0.15) is 11.8 Å². The summed E-state index contributed by atoms with van der Waals surface area (Å²) in [6.45, 7) is 0. The number of carbonyl (C=O) groups is 2. The van der Waals surface area contributed by atoms with Crippen LogP contribution in [0.15, 0.2) is 77.4 Å². The number of carbonyl (C=O) groups excluding carboxylic acids is 1. The number of fused-ring (bicyclic) bond motifs is 1. The van der Waals surface area contributed by atoms with Crippen LogP contribution < -0.4 is 5.32 Å². The number of hydrogen-bond donors (Lipinski definition) is 2. The lowest BCUT2D eigenvalue weighted by atomic mass is 9.81. The lowest BCUT2D eigenvalue weighted by Crippen LogP contribution is -2.39. The van der Waals surface area contributed by atoms with Gasteiger partial charge in [0, 0.05) is 6.42 Å². The number of rotatable bonds is 6. The van der Waals surface area contributed by atoms with Crippen molar-refractivity contribution in [2.45, 2.75) is 25.3 Å². The Kier molecular flexibility index (Phi) is 4.74. The quantitative estimate of drug-likeness (QED) is 0.688.